The Morgan fingerprint density at radius 1 is 1.60 bits per heavy atom. The normalized spacial score (nSPS) is 11.7. The van der Waals surface area contributed by atoms with E-state index in [1.165, 1.54) is 11.8 Å². The highest BCUT2D eigenvalue weighted by atomic mass is 32.2. The molecule has 0 fully saturated rings. The second kappa shape index (κ2) is 6.20. The van der Waals surface area contributed by atoms with Crippen molar-refractivity contribution in [3.05, 3.63) is 18.0 Å². The number of aromatic nitrogens is 2. The second-order valence-electron chi connectivity index (χ2n) is 2.64. The first-order valence-electron chi connectivity index (χ1n) is 4.32. The number of oxime groups is 1. The number of aliphatic hydroxyl groups excluding tert-OH is 1. The van der Waals surface area contributed by atoms with Gasteiger partial charge in [0, 0.05) is 18.6 Å². The van der Waals surface area contributed by atoms with Gasteiger partial charge in [0.1, 0.15) is 5.69 Å². The Morgan fingerprint density at radius 2 is 2.40 bits per heavy atom. The molecule has 0 aliphatic carbocycles. The topological polar surface area (TPSA) is 105 Å². The van der Waals surface area contributed by atoms with Gasteiger partial charge in [-0.05, 0) is 12.5 Å². The van der Waals surface area contributed by atoms with Crippen LogP contribution in [0.4, 0.5) is 0 Å². The molecule has 1 rings (SSSR count). The zero-order chi connectivity index (χ0) is 11.1. The fourth-order valence-electron chi connectivity index (χ4n) is 0.832. The van der Waals surface area contributed by atoms with Crippen LogP contribution in [0.2, 0.25) is 0 Å². The molecule has 0 atom stereocenters. The van der Waals surface area contributed by atoms with Crippen LogP contribution >= 0.6 is 11.8 Å². The van der Waals surface area contributed by atoms with Gasteiger partial charge in [-0.2, -0.15) is 0 Å². The molecule has 0 saturated carbocycles. The number of thioether (sulfide) groups is 1. The van der Waals surface area contributed by atoms with E-state index in [2.05, 4.69) is 15.1 Å². The zero-order valence-corrected chi connectivity index (χ0v) is 8.81. The van der Waals surface area contributed by atoms with Gasteiger partial charge in [-0.15, -0.1) is 0 Å². The Kier molecular flexibility index (Phi) is 4.85. The summed E-state index contributed by atoms with van der Waals surface area (Å²) in [7, 11) is 0. The first-order valence-corrected chi connectivity index (χ1v) is 5.31. The van der Waals surface area contributed by atoms with Crippen LogP contribution in [0.1, 0.15) is 12.1 Å². The molecular formula is C8H12N4O2S. The van der Waals surface area contributed by atoms with Gasteiger partial charge in [-0.3, -0.25) is 0 Å². The average Bonchev–Trinajstić information content (AvgIpc) is 2.29. The van der Waals surface area contributed by atoms with Crippen LogP contribution in [0.25, 0.3) is 0 Å². The molecule has 0 bridgehead atoms. The summed E-state index contributed by atoms with van der Waals surface area (Å²) in [5, 5.41) is 20.5. The number of nitrogens with two attached hydrogens (primary N) is 1. The van der Waals surface area contributed by atoms with Crippen LogP contribution < -0.4 is 5.73 Å². The molecule has 0 radical (unpaired) electrons. The van der Waals surface area contributed by atoms with E-state index < -0.39 is 0 Å². The van der Waals surface area contributed by atoms with E-state index in [0.717, 1.165) is 5.75 Å². The first-order chi connectivity index (χ1) is 7.27. The molecule has 1 heterocycles. The quantitative estimate of drug-likeness (QED) is 0.125. The molecule has 0 aliphatic heterocycles. The summed E-state index contributed by atoms with van der Waals surface area (Å²) in [5.41, 5.74) is 5.77. The Labute approximate surface area is 91.2 Å². The van der Waals surface area contributed by atoms with Crippen molar-refractivity contribution in [2.24, 2.45) is 10.9 Å². The molecule has 7 heteroatoms. The minimum absolute atomic E-state index is 0.0404. The van der Waals surface area contributed by atoms with E-state index in [-0.39, 0.29) is 12.4 Å². The molecule has 1 aromatic heterocycles. The van der Waals surface area contributed by atoms with Gasteiger partial charge in [0.25, 0.3) is 0 Å². The number of hydrogen-bond donors (Lipinski definition) is 3. The first kappa shape index (κ1) is 11.7. The van der Waals surface area contributed by atoms with Crippen LogP contribution in [-0.2, 0) is 0 Å². The molecule has 15 heavy (non-hydrogen) atoms. The second-order valence-corrected chi connectivity index (χ2v) is 3.70. The third-order valence-electron chi connectivity index (χ3n) is 1.54. The summed E-state index contributed by atoms with van der Waals surface area (Å²) < 4.78 is 0. The maximum Gasteiger partial charge on any atom is 0.188 e. The molecule has 0 aliphatic rings. The molecule has 0 saturated heterocycles. The molecule has 0 aromatic carbocycles. The number of nitrogens with zero attached hydrogens (tertiary/aromatic N) is 3. The van der Waals surface area contributed by atoms with Crippen molar-refractivity contribution in [3.63, 3.8) is 0 Å². The van der Waals surface area contributed by atoms with E-state index in [1.54, 1.807) is 12.3 Å². The van der Waals surface area contributed by atoms with Crippen LogP contribution in [0, 0.1) is 0 Å². The van der Waals surface area contributed by atoms with Crippen LogP contribution in [0.3, 0.4) is 0 Å². The maximum absolute atomic E-state index is 8.60. The molecular weight excluding hydrogens is 216 g/mol. The summed E-state index contributed by atoms with van der Waals surface area (Å²) in [6, 6.07) is 1.56. The highest BCUT2D eigenvalue weighted by Crippen LogP contribution is 2.13. The average molecular weight is 228 g/mol. The molecule has 6 nitrogen and oxygen atoms in total. The number of amidine groups is 1. The Bertz CT molecular complexity index is 345. The Balaban J connectivity index is 2.66. The largest absolute Gasteiger partial charge is 0.409 e. The summed E-state index contributed by atoms with van der Waals surface area (Å²) in [6.45, 7) is 0.146. The summed E-state index contributed by atoms with van der Waals surface area (Å²) in [6.07, 6.45) is 2.23. The highest BCUT2D eigenvalue weighted by molar-refractivity contribution is 7.99. The SMILES string of the molecule is N/C(=N/O)c1ccnc(SCCCO)n1. The van der Waals surface area contributed by atoms with Crippen molar-refractivity contribution in [2.45, 2.75) is 11.6 Å². The van der Waals surface area contributed by atoms with Crippen molar-refractivity contribution in [1.82, 2.24) is 9.97 Å². The summed E-state index contributed by atoms with van der Waals surface area (Å²) in [5.74, 6) is 0.692. The lowest BCUT2D eigenvalue weighted by Crippen LogP contribution is -2.15. The summed E-state index contributed by atoms with van der Waals surface area (Å²) >= 11 is 1.41. The van der Waals surface area contributed by atoms with Crippen molar-refractivity contribution in [3.8, 4) is 0 Å². The van der Waals surface area contributed by atoms with Gasteiger partial charge in [-0.25, -0.2) is 9.97 Å². The van der Waals surface area contributed by atoms with E-state index in [1.807, 2.05) is 0 Å². The molecule has 1 aromatic rings. The lowest BCUT2D eigenvalue weighted by Gasteiger charge is -2.01. The highest BCUT2D eigenvalue weighted by Gasteiger charge is 2.03. The smallest absolute Gasteiger partial charge is 0.188 e. The van der Waals surface area contributed by atoms with Crippen LogP contribution in [0.15, 0.2) is 22.6 Å². The molecule has 0 unspecified atom stereocenters. The lowest BCUT2D eigenvalue weighted by atomic mass is 10.4. The molecule has 0 amide bonds. The van der Waals surface area contributed by atoms with Crippen molar-refractivity contribution < 1.29 is 10.3 Å². The van der Waals surface area contributed by atoms with E-state index >= 15 is 0 Å². The monoisotopic (exact) mass is 228 g/mol. The molecule has 4 N–H and O–H groups in total. The standard InChI is InChI=1S/C8H12N4O2S/c9-7(12-14)6-2-3-10-8(11-6)15-5-1-4-13/h2-3,13-14H,1,4-5H2,(H2,9,12). The molecule has 0 spiro atoms. The number of hydrogen-bond acceptors (Lipinski definition) is 6. The van der Waals surface area contributed by atoms with Gasteiger partial charge in [-0.1, -0.05) is 16.9 Å². The fraction of sp³-hybridized carbons (Fsp3) is 0.375. The van der Waals surface area contributed by atoms with Crippen molar-refractivity contribution in [1.29, 1.82) is 0 Å². The fourth-order valence-corrected chi connectivity index (χ4v) is 1.59. The number of aliphatic hydroxyl groups is 1. The van der Waals surface area contributed by atoms with E-state index in [0.29, 0.717) is 17.3 Å². The van der Waals surface area contributed by atoms with Crippen molar-refractivity contribution in [2.75, 3.05) is 12.4 Å². The summed E-state index contributed by atoms with van der Waals surface area (Å²) in [4.78, 5) is 8.08. The molecule has 82 valence electrons. The predicted molar refractivity (Wildman–Crippen MR) is 57.0 cm³/mol. The number of rotatable bonds is 5. The third-order valence-corrected chi connectivity index (χ3v) is 2.48. The van der Waals surface area contributed by atoms with Gasteiger partial charge in [0.2, 0.25) is 0 Å². The van der Waals surface area contributed by atoms with Gasteiger partial charge < -0.3 is 16.0 Å². The van der Waals surface area contributed by atoms with E-state index in [4.69, 9.17) is 16.0 Å². The van der Waals surface area contributed by atoms with Gasteiger partial charge >= 0.3 is 0 Å². The minimum atomic E-state index is -0.0404. The van der Waals surface area contributed by atoms with Crippen molar-refractivity contribution >= 4 is 17.6 Å². The van der Waals surface area contributed by atoms with E-state index in [9.17, 15) is 0 Å². The van der Waals surface area contributed by atoms with Gasteiger partial charge in [0.15, 0.2) is 11.0 Å². The predicted octanol–water partition coefficient (Wildman–Crippen LogP) is 0.0456. The van der Waals surface area contributed by atoms with Crippen LogP contribution in [-0.4, -0.2) is 38.5 Å². The third kappa shape index (κ3) is 3.72. The maximum atomic E-state index is 8.60. The zero-order valence-electron chi connectivity index (χ0n) is 8.00. The lowest BCUT2D eigenvalue weighted by molar-refractivity contribution is 0.296. The van der Waals surface area contributed by atoms with Crippen LogP contribution in [0.5, 0.6) is 0 Å². The Hall–Kier alpha value is -1.34. The van der Waals surface area contributed by atoms with Gasteiger partial charge in [0.05, 0.1) is 0 Å². The minimum Gasteiger partial charge on any atom is -0.409 e. The Morgan fingerprint density at radius 3 is 3.07 bits per heavy atom.